The Morgan fingerprint density at radius 3 is 2.94 bits per heavy atom. The van der Waals surface area contributed by atoms with Crippen LogP contribution >= 0.6 is 15.9 Å². The van der Waals surface area contributed by atoms with Crippen LogP contribution in [0, 0.1) is 19.3 Å². The molecule has 3 heteroatoms. The SMILES string of the molecule is C#CCCCC(NN)c1cc(C)ccc1Br. The lowest BCUT2D eigenvalue weighted by molar-refractivity contribution is 0.500. The Balaban J connectivity index is 2.78. The van der Waals surface area contributed by atoms with Crippen LogP contribution in [-0.4, -0.2) is 0 Å². The lowest BCUT2D eigenvalue weighted by Gasteiger charge is -2.18. The summed E-state index contributed by atoms with van der Waals surface area (Å²) < 4.78 is 1.08. The summed E-state index contributed by atoms with van der Waals surface area (Å²) in [5.41, 5.74) is 5.27. The van der Waals surface area contributed by atoms with Crippen LogP contribution < -0.4 is 11.3 Å². The van der Waals surface area contributed by atoms with Crippen molar-refractivity contribution < 1.29 is 0 Å². The molecule has 1 aromatic rings. The maximum absolute atomic E-state index is 5.58. The average molecular weight is 281 g/mol. The zero-order valence-electron chi connectivity index (χ0n) is 9.46. The number of nitrogens with two attached hydrogens (primary N) is 1. The number of benzene rings is 1. The molecule has 0 aliphatic heterocycles. The molecule has 2 nitrogen and oxygen atoms in total. The average Bonchev–Trinajstić information content (AvgIpc) is 2.28. The zero-order valence-corrected chi connectivity index (χ0v) is 11.0. The smallest absolute Gasteiger partial charge is 0.0471 e. The maximum atomic E-state index is 5.58. The van der Waals surface area contributed by atoms with Crippen LogP contribution in [0.25, 0.3) is 0 Å². The van der Waals surface area contributed by atoms with Crippen LogP contribution in [0.5, 0.6) is 0 Å². The van der Waals surface area contributed by atoms with Crippen LogP contribution in [0.2, 0.25) is 0 Å². The highest BCUT2D eigenvalue weighted by Crippen LogP contribution is 2.27. The minimum Gasteiger partial charge on any atom is -0.271 e. The van der Waals surface area contributed by atoms with Crippen molar-refractivity contribution in [3.05, 3.63) is 33.8 Å². The number of hydrogen-bond acceptors (Lipinski definition) is 2. The van der Waals surface area contributed by atoms with Crippen molar-refractivity contribution >= 4 is 15.9 Å². The molecule has 1 aromatic carbocycles. The summed E-state index contributed by atoms with van der Waals surface area (Å²) >= 11 is 3.54. The predicted octanol–water partition coefficient (Wildman–Crippen LogP) is 3.07. The summed E-state index contributed by atoms with van der Waals surface area (Å²) in [7, 11) is 0. The molecule has 0 aliphatic rings. The van der Waals surface area contributed by atoms with Crippen molar-refractivity contribution in [1.29, 1.82) is 0 Å². The molecular formula is C13H17BrN2. The Morgan fingerprint density at radius 1 is 1.56 bits per heavy atom. The van der Waals surface area contributed by atoms with Gasteiger partial charge < -0.3 is 0 Å². The van der Waals surface area contributed by atoms with E-state index in [0.29, 0.717) is 0 Å². The lowest BCUT2D eigenvalue weighted by atomic mass is 10.00. The molecule has 0 amide bonds. The molecule has 16 heavy (non-hydrogen) atoms. The van der Waals surface area contributed by atoms with Gasteiger partial charge in [-0.15, -0.1) is 12.3 Å². The van der Waals surface area contributed by atoms with Crippen LogP contribution in [0.3, 0.4) is 0 Å². The highest BCUT2D eigenvalue weighted by Gasteiger charge is 2.12. The maximum Gasteiger partial charge on any atom is 0.0471 e. The number of aryl methyl sites for hydroxylation is 1. The third-order valence-electron chi connectivity index (χ3n) is 2.54. The van der Waals surface area contributed by atoms with E-state index >= 15 is 0 Å². The normalized spacial score (nSPS) is 12.1. The fourth-order valence-corrected chi connectivity index (χ4v) is 2.19. The van der Waals surface area contributed by atoms with Gasteiger partial charge in [0.15, 0.2) is 0 Å². The summed E-state index contributed by atoms with van der Waals surface area (Å²) in [6.45, 7) is 2.07. The molecule has 1 rings (SSSR count). The molecule has 0 spiro atoms. The molecule has 0 aromatic heterocycles. The lowest BCUT2D eigenvalue weighted by Crippen LogP contribution is -2.28. The summed E-state index contributed by atoms with van der Waals surface area (Å²) in [4.78, 5) is 0. The number of halogens is 1. The number of rotatable bonds is 5. The largest absolute Gasteiger partial charge is 0.271 e. The zero-order chi connectivity index (χ0) is 12.0. The van der Waals surface area contributed by atoms with E-state index in [9.17, 15) is 0 Å². The van der Waals surface area contributed by atoms with E-state index < -0.39 is 0 Å². The molecule has 86 valence electrons. The van der Waals surface area contributed by atoms with Gasteiger partial charge in [-0.25, -0.2) is 0 Å². The van der Waals surface area contributed by atoms with E-state index in [-0.39, 0.29) is 6.04 Å². The molecule has 0 saturated heterocycles. The first-order valence-electron chi connectivity index (χ1n) is 5.34. The number of nitrogens with one attached hydrogen (secondary N) is 1. The minimum absolute atomic E-state index is 0.155. The number of terminal acetylenes is 1. The van der Waals surface area contributed by atoms with Gasteiger partial charge in [0.1, 0.15) is 0 Å². The van der Waals surface area contributed by atoms with Crippen molar-refractivity contribution in [2.75, 3.05) is 0 Å². The van der Waals surface area contributed by atoms with E-state index in [1.807, 2.05) is 0 Å². The Labute approximate surface area is 106 Å². The van der Waals surface area contributed by atoms with Crippen molar-refractivity contribution in [2.24, 2.45) is 5.84 Å². The van der Waals surface area contributed by atoms with E-state index in [1.165, 1.54) is 11.1 Å². The molecular weight excluding hydrogens is 264 g/mol. The summed E-state index contributed by atoms with van der Waals surface area (Å²) in [5.74, 6) is 8.23. The Bertz CT molecular complexity index is 382. The van der Waals surface area contributed by atoms with Gasteiger partial charge in [-0.2, -0.15) is 0 Å². The summed E-state index contributed by atoms with van der Waals surface area (Å²) in [5, 5.41) is 0. The van der Waals surface area contributed by atoms with Crippen LogP contribution in [0.1, 0.15) is 36.4 Å². The Morgan fingerprint density at radius 2 is 2.31 bits per heavy atom. The molecule has 0 aliphatic carbocycles. The predicted molar refractivity (Wildman–Crippen MR) is 71.6 cm³/mol. The molecule has 0 fully saturated rings. The fourth-order valence-electron chi connectivity index (χ4n) is 1.67. The molecule has 0 radical (unpaired) electrons. The molecule has 3 N–H and O–H groups in total. The van der Waals surface area contributed by atoms with Crippen molar-refractivity contribution in [3.63, 3.8) is 0 Å². The molecule has 1 unspecified atom stereocenters. The van der Waals surface area contributed by atoms with E-state index in [1.54, 1.807) is 0 Å². The van der Waals surface area contributed by atoms with Gasteiger partial charge in [0, 0.05) is 16.9 Å². The topological polar surface area (TPSA) is 38.0 Å². The van der Waals surface area contributed by atoms with E-state index in [2.05, 4.69) is 52.4 Å². The quantitative estimate of drug-likeness (QED) is 0.377. The molecule has 0 saturated carbocycles. The number of hydrogen-bond donors (Lipinski definition) is 2. The fraction of sp³-hybridized carbons (Fsp3) is 0.385. The van der Waals surface area contributed by atoms with Gasteiger partial charge >= 0.3 is 0 Å². The third kappa shape index (κ3) is 3.64. The van der Waals surface area contributed by atoms with Crippen molar-refractivity contribution in [1.82, 2.24) is 5.43 Å². The van der Waals surface area contributed by atoms with Gasteiger partial charge in [0.25, 0.3) is 0 Å². The standard InChI is InChI=1S/C13H17BrN2/c1-3-4-5-6-13(16-15)11-9-10(2)7-8-12(11)14/h1,7-9,13,16H,4-6,15H2,2H3. The highest BCUT2D eigenvalue weighted by atomic mass is 79.9. The first-order valence-corrected chi connectivity index (χ1v) is 6.14. The molecule has 0 bridgehead atoms. The number of unbranched alkanes of at least 4 members (excludes halogenated alkanes) is 1. The van der Waals surface area contributed by atoms with Crippen LogP contribution in [0.15, 0.2) is 22.7 Å². The molecule has 0 heterocycles. The van der Waals surface area contributed by atoms with E-state index in [0.717, 1.165) is 23.7 Å². The second kappa shape index (κ2) is 6.70. The van der Waals surface area contributed by atoms with Gasteiger partial charge in [-0.3, -0.25) is 11.3 Å². The first kappa shape index (κ1) is 13.2. The van der Waals surface area contributed by atoms with Crippen molar-refractivity contribution in [3.8, 4) is 12.3 Å². The second-order valence-corrected chi connectivity index (χ2v) is 4.69. The van der Waals surface area contributed by atoms with Gasteiger partial charge in [-0.05, 0) is 31.4 Å². The van der Waals surface area contributed by atoms with Gasteiger partial charge in [0.05, 0.1) is 0 Å². The van der Waals surface area contributed by atoms with Gasteiger partial charge in [-0.1, -0.05) is 33.6 Å². The van der Waals surface area contributed by atoms with Gasteiger partial charge in [0.2, 0.25) is 0 Å². The van der Waals surface area contributed by atoms with Crippen molar-refractivity contribution in [2.45, 2.75) is 32.2 Å². The number of hydrazine groups is 1. The van der Waals surface area contributed by atoms with Crippen LogP contribution in [-0.2, 0) is 0 Å². The highest BCUT2D eigenvalue weighted by molar-refractivity contribution is 9.10. The minimum atomic E-state index is 0.155. The van der Waals surface area contributed by atoms with E-state index in [4.69, 9.17) is 12.3 Å². The summed E-state index contributed by atoms with van der Waals surface area (Å²) in [6, 6.07) is 6.42. The second-order valence-electron chi connectivity index (χ2n) is 3.84. The monoisotopic (exact) mass is 280 g/mol. The Kier molecular flexibility index (Phi) is 5.54. The Hall–Kier alpha value is -0.820. The molecule has 1 atom stereocenters. The third-order valence-corrected chi connectivity index (χ3v) is 3.26. The van der Waals surface area contributed by atoms with Crippen LogP contribution in [0.4, 0.5) is 0 Å². The first-order chi connectivity index (χ1) is 7.69. The summed E-state index contributed by atoms with van der Waals surface area (Å²) in [6.07, 6.45) is 7.96.